The van der Waals surface area contributed by atoms with Crippen LogP contribution in [0.4, 0.5) is 11.4 Å². The van der Waals surface area contributed by atoms with Crippen LogP contribution in [-0.2, 0) is 4.79 Å². The van der Waals surface area contributed by atoms with Gasteiger partial charge in [0.05, 0.1) is 24.4 Å². The van der Waals surface area contributed by atoms with E-state index in [0.717, 1.165) is 57.7 Å². The van der Waals surface area contributed by atoms with Gasteiger partial charge in [-0.05, 0) is 48.4 Å². The third-order valence-electron chi connectivity index (χ3n) is 9.91. The normalized spacial score (nSPS) is 24.2. The minimum absolute atomic E-state index is 0.00648. The fourth-order valence-corrected chi connectivity index (χ4v) is 9.42. The summed E-state index contributed by atoms with van der Waals surface area (Å²) in [4.78, 5) is 19.1. The van der Waals surface area contributed by atoms with Crippen LogP contribution in [-0.4, -0.2) is 57.4 Å². The van der Waals surface area contributed by atoms with E-state index < -0.39 is 16.6 Å². The molecule has 242 valence electrons. The molecular weight excluding hydrogens is 629 g/mol. The maximum absolute atomic E-state index is 15.8. The van der Waals surface area contributed by atoms with Crippen LogP contribution < -0.4 is 14.8 Å². The molecule has 2 fully saturated rings. The zero-order chi connectivity index (χ0) is 33.0. The molecule has 2 spiro atoms. The molecule has 4 heterocycles. The molecule has 9 rings (SSSR count). The molecule has 4 aliphatic heterocycles. The highest BCUT2D eigenvalue weighted by Gasteiger charge is 2.78. The number of amidine groups is 1. The van der Waals surface area contributed by atoms with Crippen LogP contribution in [0.5, 0.6) is 5.75 Å². The Balaban J connectivity index is 1.35. The topological polar surface area (TPSA) is 64.0 Å². The van der Waals surface area contributed by atoms with Crippen molar-refractivity contribution < 1.29 is 9.53 Å². The van der Waals surface area contributed by atoms with Gasteiger partial charge in [-0.25, -0.2) is 10.0 Å². The van der Waals surface area contributed by atoms with Crippen molar-refractivity contribution in [2.24, 2.45) is 10.2 Å². The van der Waals surface area contributed by atoms with E-state index >= 15 is 4.79 Å². The van der Waals surface area contributed by atoms with Crippen molar-refractivity contribution in [2.75, 3.05) is 30.2 Å². The summed E-state index contributed by atoms with van der Waals surface area (Å²) in [5.41, 5.74) is 4.73. The van der Waals surface area contributed by atoms with E-state index in [4.69, 9.17) is 14.9 Å². The molecule has 0 radical (unpaired) electrons. The van der Waals surface area contributed by atoms with Gasteiger partial charge in [0, 0.05) is 24.2 Å². The third kappa shape index (κ3) is 4.28. The molecule has 4 aliphatic rings. The van der Waals surface area contributed by atoms with Crippen molar-refractivity contribution >= 4 is 39.9 Å². The molecule has 3 unspecified atom stereocenters. The van der Waals surface area contributed by atoms with Gasteiger partial charge in [-0.2, -0.15) is 10.2 Å². The fourth-order valence-electron chi connectivity index (χ4n) is 7.91. The van der Waals surface area contributed by atoms with E-state index in [1.54, 1.807) is 18.9 Å². The molecule has 2 saturated heterocycles. The summed E-state index contributed by atoms with van der Waals surface area (Å²) >= 11 is 1.55. The lowest BCUT2D eigenvalue weighted by Gasteiger charge is -2.53. The van der Waals surface area contributed by atoms with Crippen molar-refractivity contribution in [2.45, 2.75) is 23.0 Å². The van der Waals surface area contributed by atoms with E-state index in [-0.39, 0.29) is 5.91 Å². The SMILES string of the molecule is COc1ccc(C2C3(SC(c4ccccc4)=NN3c3ccccc3)C(=O)N3CCCN4C(c5ccccc5)=NN(c5ccccc5)C234)cc1. The monoisotopic (exact) mass is 662 g/mol. The van der Waals surface area contributed by atoms with Crippen LogP contribution in [0.25, 0.3) is 0 Å². The Morgan fingerprint density at radius 3 is 1.82 bits per heavy atom. The number of amides is 1. The van der Waals surface area contributed by atoms with Crippen LogP contribution >= 0.6 is 11.8 Å². The van der Waals surface area contributed by atoms with Crippen molar-refractivity contribution in [1.29, 1.82) is 0 Å². The summed E-state index contributed by atoms with van der Waals surface area (Å²) in [5.74, 6) is 0.102. The highest BCUT2D eigenvalue weighted by Crippen LogP contribution is 2.65. The number of anilines is 2. The molecule has 0 aliphatic carbocycles. The molecular formula is C40H34N6O2S. The van der Waals surface area contributed by atoms with Crippen LogP contribution in [0.1, 0.15) is 29.0 Å². The molecule has 9 heteroatoms. The average Bonchev–Trinajstić information content (AvgIpc) is 3.81. The number of ether oxygens (including phenoxy) is 1. The first-order chi connectivity index (χ1) is 24.2. The lowest BCUT2D eigenvalue weighted by molar-refractivity contribution is -0.138. The number of carbonyl (C=O) groups is 1. The fraction of sp³-hybridized carbons (Fsp3) is 0.175. The molecule has 3 atom stereocenters. The molecule has 0 aromatic heterocycles. The number of rotatable bonds is 6. The summed E-state index contributed by atoms with van der Waals surface area (Å²) < 4.78 is 5.63. The minimum Gasteiger partial charge on any atom is -0.497 e. The second-order valence-corrected chi connectivity index (χ2v) is 13.7. The lowest BCUT2D eigenvalue weighted by Crippen LogP contribution is -2.70. The average molecular weight is 663 g/mol. The Labute approximate surface area is 289 Å². The van der Waals surface area contributed by atoms with Gasteiger partial charge in [-0.1, -0.05) is 121 Å². The molecule has 0 saturated carbocycles. The largest absolute Gasteiger partial charge is 0.497 e. The first-order valence-electron chi connectivity index (χ1n) is 16.6. The van der Waals surface area contributed by atoms with E-state index in [0.29, 0.717) is 6.54 Å². The molecule has 8 nitrogen and oxygen atoms in total. The number of hydrazone groups is 2. The summed E-state index contributed by atoms with van der Waals surface area (Å²) in [6, 6.07) is 49.0. The van der Waals surface area contributed by atoms with Crippen molar-refractivity contribution in [3.63, 3.8) is 0 Å². The van der Waals surface area contributed by atoms with E-state index in [9.17, 15) is 0 Å². The van der Waals surface area contributed by atoms with Gasteiger partial charge in [0.15, 0.2) is 5.84 Å². The number of hydrogen-bond acceptors (Lipinski definition) is 8. The van der Waals surface area contributed by atoms with Crippen LogP contribution in [0.3, 0.4) is 0 Å². The van der Waals surface area contributed by atoms with Crippen LogP contribution in [0, 0.1) is 0 Å². The highest BCUT2D eigenvalue weighted by atomic mass is 32.2. The number of carbonyl (C=O) groups excluding carboxylic acids is 1. The summed E-state index contributed by atoms with van der Waals surface area (Å²) in [5, 5.41) is 15.7. The zero-order valence-corrected chi connectivity index (χ0v) is 27.8. The third-order valence-corrected chi connectivity index (χ3v) is 11.3. The maximum Gasteiger partial charge on any atom is 0.265 e. The second-order valence-electron chi connectivity index (χ2n) is 12.5. The smallest absolute Gasteiger partial charge is 0.265 e. The second kappa shape index (κ2) is 11.6. The maximum atomic E-state index is 15.8. The molecule has 0 N–H and O–H groups in total. The minimum atomic E-state index is -1.20. The Morgan fingerprint density at radius 2 is 1.20 bits per heavy atom. The van der Waals surface area contributed by atoms with Crippen molar-refractivity contribution in [1.82, 2.24) is 9.80 Å². The Hall–Kier alpha value is -5.54. The number of benzene rings is 5. The van der Waals surface area contributed by atoms with Crippen LogP contribution in [0.15, 0.2) is 156 Å². The van der Waals surface area contributed by atoms with Gasteiger partial charge < -0.3 is 9.64 Å². The quantitative estimate of drug-likeness (QED) is 0.192. The summed E-state index contributed by atoms with van der Waals surface area (Å²) in [6.07, 6.45) is 0.801. The predicted octanol–water partition coefficient (Wildman–Crippen LogP) is 7.17. The van der Waals surface area contributed by atoms with Gasteiger partial charge >= 0.3 is 0 Å². The lowest BCUT2D eigenvalue weighted by atomic mass is 9.84. The Morgan fingerprint density at radius 1 is 0.653 bits per heavy atom. The standard InChI is InChI=1S/C40H34N6O2S/c1-48-34-25-23-29(24-26-34)35-39(45(32-19-10-4-11-20-32)42-37(49-39)31-17-8-3-9-18-31)38(47)44-28-14-27-43-36(30-15-6-2-7-16-30)41-46(40(35,43)44)33-21-12-5-13-22-33/h2-13,15-26,35H,14,27-28H2,1H3. The molecule has 5 aromatic carbocycles. The summed E-state index contributed by atoms with van der Waals surface area (Å²) in [7, 11) is 1.68. The number of nitrogens with zero attached hydrogens (tertiary/aromatic N) is 6. The number of methoxy groups -OCH3 is 1. The predicted molar refractivity (Wildman–Crippen MR) is 196 cm³/mol. The van der Waals surface area contributed by atoms with E-state index in [1.807, 2.05) is 102 Å². The Bertz CT molecular complexity index is 2060. The first kappa shape index (κ1) is 29.6. The van der Waals surface area contributed by atoms with Crippen LogP contribution in [0.2, 0.25) is 0 Å². The van der Waals surface area contributed by atoms with Crippen molar-refractivity contribution in [3.8, 4) is 5.75 Å². The van der Waals surface area contributed by atoms with Gasteiger partial charge in [-0.3, -0.25) is 9.69 Å². The van der Waals surface area contributed by atoms with E-state index in [2.05, 4.69) is 63.3 Å². The van der Waals surface area contributed by atoms with Gasteiger partial charge in [-0.15, -0.1) is 0 Å². The zero-order valence-electron chi connectivity index (χ0n) is 27.0. The Kier molecular flexibility index (Phi) is 6.98. The van der Waals surface area contributed by atoms with Gasteiger partial charge in [0.1, 0.15) is 10.8 Å². The first-order valence-corrected chi connectivity index (χ1v) is 17.4. The number of para-hydroxylation sites is 2. The summed E-state index contributed by atoms with van der Waals surface area (Å²) in [6.45, 7) is 1.31. The van der Waals surface area contributed by atoms with Gasteiger partial charge in [0.25, 0.3) is 5.91 Å². The molecule has 0 bridgehead atoms. The molecule has 5 aromatic rings. The molecule has 1 amide bonds. The molecule has 49 heavy (non-hydrogen) atoms. The van der Waals surface area contributed by atoms with Gasteiger partial charge in [0.2, 0.25) is 10.7 Å². The number of thioether (sulfide) groups is 1. The highest BCUT2D eigenvalue weighted by molar-refractivity contribution is 8.16. The number of hydrogen-bond donors (Lipinski definition) is 0. The van der Waals surface area contributed by atoms with E-state index in [1.165, 1.54) is 0 Å². The van der Waals surface area contributed by atoms with Crippen molar-refractivity contribution in [3.05, 3.63) is 162 Å².